The SMILES string of the molecule is O=C(O)c1ccc2nccc(Cl)c2c1. The number of fused-ring (bicyclic) bond motifs is 1. The molecule has 0 aliphatic rings. The van der Waals surface area contributed by atoms with E-state index in [-0.39, 0.29) is 5.56 Å². The third-order valence-corrected chi connectivity index (χ3v) is 2.26. The first kappa shape index (κ1) is 8.97. The van der Waals surface area contributed by atoms with Crippen molar-refractivity contribution < 1.29 is 9.90 Å². The summed E-state index contributed by atoms with van der Waals surface area (Å²) >= 11 is 5.90. The van der Waals surface area contributed by atoms with Gasteiger partial charge in [0, 0.05) is 11.6 Å². The van der Waals surface area contributed by atoms with Crippen molar-refractivity contribution in [2.75, 3.05) is 0 Å². The number of benzene rings is 1. The van der Waals surface area contributed by atoms with E-state index in [4.69, 9.17) is 16.7 Å². The lowest BCUT2D eigenvalue weighted by Crippen LogP contribution is -1.95. The summed E-state index contributed by atoms with van der Waals surface area (Å²) < 4.78 is 0. The van der Waals surface area contributed by atoms with Crippen molar-refractivity contribution in [2.45, 2.75) is 0 Å². The van der Waals surface area contributed by atoms with Gasteiger partial charge in [-0.1, -0.05) is 11.6 Å². The van der Waals surface area contributed by atoms with E-state index in [0.29, 0.717) is 15.9 Å². The van der Waals surface area contributed by atoms with Crippen LogP contribution in [0.3, 0.4) is 0 Å². The van der Waals surface area contributed by atoms with Crippen LogP contribution >= 0.6 is 11.6 Å². The summed E-state index contributed by atoms with van der Waals surface area (Å²) in [6, 6.07) is 6.31. The Labute approximate surface area is 85.0 Å². The van der Waals surface area contributed by atoms with Crippen LogP contribution in [0.1, 0.15) is 10.4 Å². The Morgan fingerprint density at radius 3 is 2.86 bits per heavy atom. The molecule has 4 heteroatoms. The van der Waals surface area contributed by atoms with Gasteiger partial charge in [-0.2, -0.15) is 0 Å². The molecule has 0 bridgehead atoms. The second-order valence-electron chi connectivity index (χ2n) is 2.83. The molecule has 0 aliphatic carbocycles. The fraction of sp³-hybridized carbons (Fsp3) is 0. The summed E-state index contributed by atoms with van der Waals surface area (Å²) in [4.78, 5) is 14.8. The number of halogens is 1. The first-order valence-corrected chi connectivity index (χ1v) is 4.34. The minimum Gasteiger partial charge on any atom is -0.478 e. The topological polar surface area (TPSA) is 50.2 Å². The van der Waals surface area contributed by atoms with E-state index in [2.05, 4.69) is 4.98 Å². The van der Waals surface area contributed by atoms with Gasteiger partial charge in [-0.15, -0.1) is 0 Å². The van der Waals surface area contributed by atoms with Gasteiger partial charge in [-0.05, 0) is 24.3 Å². The molecule has 3 nitrogen and oxygen atoms in total. The van der Waals surface area contributed by atoms with Crippen LogP contribution in [0.4, 0.5) is 0 Å². The van der Waals surface area contributed by atoms with Gasteiger partial charge in [0.05, 0.1) is 16.1 Å². The lowest BCUT2D eigenvalue weighted by Gasteiger charge is -2.00. The number of pyridine rings is 1. The number of aromatic nitrogens is 1. The second-order valence-corrected chi connectivity index (χ2v) is 3.24. The maximum Gasteiger partial charge on any atom is 0.335 e. The monoisotopic (exact) mass is 207 g/mol. The van der Waals surface area contributed by atoms with Crippen molar-refractivity contribution in [1.29, 1.82) is 0 Å². The zero-order valence-electron chi connectivity index (χ0n) is 7.07. The molecule has 0 atom stereocenters. The number of rotatable bonds is 1. The molecule has 0 radical (unpaired) electrons. The van der Waals surface area contributed by atoms with Gasteiger partial charge in [0.15, 0.2) is 0 Å². The molecule has 70 valence electrons. The van der Waals surface area contributed by atoms with Crippen LogP contribution in [0.15, 0.2) is 30.5 Å². The van der Waals surface area contributed by atoms with E-state index in [9.17, 15) is 4.79 Å². The van der Waals surface area contributed by atoms with E-state index >= 15 is 0 Å². The summed E-state index contributed by atoms with van der Waals surface area (Å²) in [5, 5.41) is 9.94. The van der Waals surface area contributed by atoms with Gasteiger partial charge in [-0.25, -0.2) is 4.79 Å². The van der Waals surface area contributed by atoms with Crippen LogP contribution in [-0.2, 0) is 0 Å². The maximum atomic E-state index is 10.7. The van der Waals surface area contributed by atoms with Gasteiger partial charge in [0.25, 0.3) is 0 Å². The minimum atomic E-state index is -0.966. The van der Waals surface area contributed by atoms with Crippen molar-refractivity contribution in [2.24, 2.45) is 0 Å². The van der Waals surface area contributed by atoms with Crippen molar-refractivity contribution in [3.8, 4) is 0 Å². The van der Waals surface area contributed by atoms with E-state index in [1.54, 1.807) is 18.3 Å². The molecule has 1 aromatic heterocycles. The molecule has 0 saturated carbocycles. The number of carboxylic acids is 1. The van der Waals surface area contributed by atoms with Crippen LogP contribution in [0.25, 0.3) is 10.9 Å². The average Bonchev–Trinajstić information content (AvgIpc) is 2.18. The molecule has 1 N–H and O–H groups in total. The normalized spacial score (nSPS) is 10.4. The van der Waals surface area contributed by atoms with E-state index in [1.807, 2.05) is 0 Å². The van der Waals surface area contributed by atoms with Crippen LogP contribution in [0.5, 0.6) is 0 Å². The first-order chi connectivity index (χ1) is 6.68. The predicted molar refractivity (Wildman–Crippen MR) is 53.7 cm³/mol. The van der Waals surface area contributed by atoms with Gasteiger partial charge < -0.3 is 5.11 Å². The minimum absolute atomic E-state index is 0.215. The van der Waals surface area contributed by atoms with Gasteiger partial charge in [0.2, 0.25) is 0 Å². The molecule has 1 heterocycles. The van der Waals surface area contributed by atoms with Crippen molar-refractivity contribution in [3.63, 3.8) is 0 Å². The Hall–Kier alpha value is -1.61. The summed E-state index contributed by atoms with van der Waals surface area (Å²) in [5.74, 6) is -0.966. The van der Waals surface area contributed by atoms with Crippen LogP contribution in [0, 0.1) is 0 Å². The largest absolute Gasteiger partial charge is 0.478 e. The van der Waals surface area contributed by atoms with Crippen LogP contribution in [-0.4, -0.2) is 16.1 Å². The Balaban J connectivity index is 2.76. The zero-order valence-corrected chi connectivity index (χ0v) is 7.82. The fourth-order valence-corrected chi connectivity index (χ4v) is 1.45. The Morgan fingerprint density at radius 2 is 2.14 bits per heavy atom. The molecule has 0 unspecified atom stereocenters. The summed E-state index contributed by atoms with van der Waals surface area (Å²) in [6.07, 6.45) is 1.59. The quantitative estimate of drug-likeness (QED) is 0.782. The standard InChI is InChI=1S/C10H6ClNO2/c11-8-3-4-12-9-2-1-6(10(13)14)5-7(8)9/h1-5H,(H,13,14). The highest BCUT2D eigenvalue weighted by Crippen LogP contribution is 2.22. The molecule has 14 heavy (non-hydrogen) atoms. The first-order valence-electron chi connectivity index (χ1n) is 3.96. The summed E-state index contributed by atoms with van der Waals surface area (Å²) in [7, 11) is 0. The second kappa shape index (κ2) is 3.27. The van der Waals surface area contributed by atoms with Gasteiger partial charge in [-0.3, -0.25) is 4.98 Å². The fourth-order valence-electron chi connectivity index (χ4n) is 1.25. The molecular weight excluding hydrogens is 202 g/mol. The van der Waals surface area contributed by atoms with E-state index < -0.39 is 5.97 Å². The van der Waals surface area contributed by atoms with E-state index in [1.165, 1.54) is 12.1 Å². The Morgan fingerprint density at radius 1 is 1.36 bits per heavy atom. The zero-order chi connectivity index (χ0) is 10.1. The van der Waals surface area contributed by atoms with E-state index in [0.717, 1.165) is 0 Å². The number of carbonyl (C=O) groups is 1. The lowest BCUT2D eigenvalue weighted by molar-refractivity contribution is 0.0697. The van der Waals surface area contributed by atoms with Crippen molar-refractivity contribution >= 4 is 28.5 Å². The number of carboxylic acid groups (broad SMARTS) is 1. The highest BCUT2D eigenvalue weighted by Gasteiger charge is 2.05. The molecule has 0 amide bonds. The number of hydrogen-bond donors (Lipinski definition) is 1. The Bertz CT molecular complexity index is 510. The molecular formula is C10H6ClNO2. The molecule has 0 aliphatic heterocycles. The molecule has 2 aromatic rings. The van der Waals surface area contributed by atoms with Crippen molar-refractivity contribution in [1.82, 2.24) is 4.98 Å². The lowest BCUT2D eigenvalue weighted by atomic mass is 10.1. The predicted octanol–water partition coefficient (Wildman–Crippen LogP) is 2.59. The highest BCUT2D eigenvalue weighted by atomic mass is 35.5. The Kier molecular flexibility index (Phi) is 2.09. The number of hydrogen-bond acceptors (Lipinski definition) is 2. The average molecular weight is 208 g/mol. The van der Waals surface area contributed by atoms with Crippen molar-refractivity contribution in [3.05, 3.63) is 41.0 Å². The molecule has 2 rings (SSSR count). The highest BCUT2D eigenvalue weighted by molar-refractivity contribution is 6.35. The maximum absolute atomic E-state index is 10.7. The number of nitrogens with zero attached hydrogens (tertiary/aromatic N) is 1. The molecule has 0 saturated heterocycles. The smallest absolute Gasteiger partial charge is 0.335 e. The van der Waals surface area contributed by atoms with Crippen LogP contribution < -0.4 is 0 Å². The van der Waals surface area contributed by atoms with Gasteiger partial charge in [0.1, 0.15) is 0 Å². The molecule has 0 fully saturated rings. The third-order valence-electron chi connectivity index (χ3n) is 1.94. The third kappa shape index (κ3) is 1.42. The van der Waals surface area contributed by atoms with Crippen LogP contribution in [0.2, 0.25) is 5.02 Å². The summed E-state index contributed by atoms with van der Waals surface area (Å²) in [5.41, 5.74) is 0.912. The number of aromatic carboxylic acids is 1. The molecule has 0 spiro atoms. The molecule has 1 aromatic carbocycles. The summed E-state index contributed by atoms with van der Waals surface area (Å²) in [6.45, 7) is 0. The van der Waals surface area contributed by atoms with Gasteiger partial charge >= 0.3 is 5.97 Å².